The Morgan fingerprint density at radius 3 is 2.73 bits per heavy atom. The number of nitrogens with one attached hydrogen (secondary N) is 3. The van der Waals surface area contributed by atoms with Gasteiger partial charge in [0, 0.05) is 35.3 Å². The van der Waals surface area contributed by atoms with Crippen molar-refractivity contribution < 1.29 is 9.32 Å². The number of urea groups is 1. The average Bonchev–Trinajstić information content (AvgIpc) is 3.44. The second kappa shape index (κ2) is 8.76. The zero-order valence-electron chi connectivity index (χ0n) is 18.6. The lowest BCUT2D eigenvalue weighted by atomic mass is 9.93. The fraction of sp³-hybridized carbons (Fsp3) is 0.318. The monoisotopic (exact) mass is 447 g/mol. The predicted octanol–water partition coefficient (Wildman–Crippen LogP) is 3.82. The van der Waals surface area contributed by atoms with Crippen molar-refractivity contribution in [2.45, 2.75) is 45.1 Å². The van der Waals surface area contributed by atoms with Gasteiger partial charge in [-0.3, -0.25) is 20.4 Å². The highest BCUT2D eigenvalue weighted by Crippen LogP contribution is 2.34. The van der Waals surface area contributed by atoms with Crippen molar-refractivity contribution in [2.75, 3.05) is 15.6 Å². The lowest BCUT2D eigenvalue weighted by Crippen LogP contribution is -2.41. The number of hydrazine groups is 1. The van der Waals surface area contributed by atoms with E-state index in [1.165, 1.54) is 5.01 Å². The zero-order chi connectivity index (χ0) is 23.6. The van der Waals surface area contributed by atoms with E-state index in [9.17, 15) is 4.79 Å². The summed E-state index contributed by atoms with van der Waals surface area (Å²) in [5.74, 6) is 7.85. The number of aromatic nitrogens is 3. The number of aromatic amines is 1. The van der Waals surface area contributed by atoms with Crippen LogP contribution < -0.4 is 21.5 Å². The molecule has 11 heteroatoms. The van der Waals surface area contributed by atoms with Gasteiger partial charge in [0.15, 0.2) is 11.7 Å². The van der Waals surface area contributed by atoms with Gasteiger partial charge in [-0.05, 0) is 30.7 Å². The van der Waals surface area contributed by atoms with Crippen LogP contribution in [0.2, 0.25) is 0 Å². The third kappa shape index (κ3) is 4.70. The standard InChI is InChI=1S/C22H25N9O2/c1-22(2,3)17-11-18(30-33-17)28-21(32)26-14-8-6-13(7-9-14)20-27-15(5-4-10-23)19-16(31(20)24)12-25-29-19/h6-9,11-12,15H,4-5,24H2,1-3H3,(H,25,29)(H2,26,28,30,32). The van der Waals surface area contributed by atoms with Crippen LogP contribution in [0.1, 0.15) is 56.7 Å². The summed E-state index contributed by atoms with van der Waals surface area (Å²) in [7, 11) is 0. The maximum absolute atomic E-state index is 12.3. The van der Waals surface area contributed by atoms with E-state index in [1.807, 2.05) is 32.9 Å². The number of rotatable bonds is 5. The summed E-state index contributed by atoms with van der Waals surface area (Å²) in [6.45, 7) is 5.99. The van der Waals surface area contributed by atoms with Gasteiger partial charge in [-0.15, -0.1) is 0 Å². The number of amidine groups is 1. The van der Waals surface area contributed by atoms with E-state index in [0.29, 0.717) is 47.3 Å². The number of fused-ring (bicyclic) bond motifs is 1. The summed E-state index contributed by atoms with van der Waals surface area (Å²) >= 11 is 0. The molecule has 33 heavy (non-hydrogen) atoms. The van der Waals surface area contributed by atoms with Gasteiger partial charge in [-0.2, -0.15) is 10.4 Å². The molecule has 0 bridgehead atoms. The first-order valence-corrected chi connectivity index (χ1v) is 10.4. The van der Waals surface area contributed by atoms with E-state index < -0.39 is 6.03 Å². The molecule has 0 saturated carbocycles. The minimum atomic E-state index is -0.438. The molecule has 1 aliphatic heterocycles. The molecule has 3 heterocycles. The van der Waals surface area contributed by atoms with E-state index >= 15 is 0 Å². The van der Waals surface area contributed by atoms with Crippen LogP contribution in [0.15, 0.2) is 46.0 Å². The minimum Gasteiger partial charge on any atom is -0.359 e. The van der Waals surface area contributed by atoms with E-state index in [-0.39, 0.29) is 11.5 Å². The van der Waals surface area contributed by atoms with Crippen LogP contribution >= 0.6 is 0 Å². The van der Waals surface area contributed by atoms with Gasteiger partial charge < -0.3 is 9.84 Å². The minimum absolute atomic E-state index is 0.206. The molecule has 0 fully saturated rings. The number of benzene rings is 1. The van der Waals surface area contributed by atoms with Crippen LogP contribution in [0.4, 0.5) is 22.0 Å². The first-order valence-electron chi connectivity index (χ1n) is 10.4. The fourth-order valence-electron chi connectivity index (χ4n) is 3.40. The molecule has 3 aromatic rings. The summed E-state index contributed by atoms with van der Waals surface area (Å²) in [5.41, 5.74) is 2.58. The molecule has 1 atom stereocenters. The normalized spacial score (nSPS) is 15.4. The first-order chi connectivity index (χ1) is 15.8. The molecular weight excluding hydrogens is 422 g/mol. The van der Waals surface area contributed by atoms with E-state index in [1.54, 1.807) is 24.4 Å². The molecule has 2 amide bonds. The van der Waals surface area contributed by atoms with Crippen molar-refractivity contribution >= 4 is 29.1 Å². The maximum Gasteiger partial charge on any atom is 0.324 e. The number of nitriles is 1. The second-order valence-electron chi connectivity index (χ2n) is 8.67. The van der Waals surface area contributed by atoms with Crippen LogP contribution in [0.3, 0.4) is 0 Å². The summed E-state index contributed by atoms with van der Waals surface area (Å²) in [6.07, 6.45) is 2.61. The average molecular weight is 448 g/mol. The Morgan fingerprint density at radius 2 is 2.06 bits per heavy atom. The van der Waals surface area contributed by atoms with Gasteiger partial charge in [0.05, 0.1) is 12.1 Å². The van der Waals surface area contributed by atoms with Crippen molar-refractivity contribution in [2.24, 2.45) is 10.8 Å². The molecular formula is C22H25N9O2. The van der Waals surface area contributed by atoms with Gasteiger partial charge in [0.1, 0.15) is 17.1 Å². The molecule has 1 unspecified atom stereocenters. The zero-order valence-corrected chi connectivity index (χ0v) is 18.6. The van der Waals surface area contributed by atoms with Gasteiger partial charge in [-0.25, -0.2) is 10.6 Å². The molecule has 0 radical (unpaired) electrons. The first kappa shape index (κ1) is 22.0. The molecule has 1 aromatic carbocycles. The van der Waals surface area contributed by atoms with Gasteiger partial charge in [0.2, 0.25) is 0 Å². The van der Waals surface area contributed by atoms with E-state index in [4.69, 9.17) is 20.6 Å². The Bertz CT molecular complexity index is 1210. The van der Waals surface area contributed by atoms with E-state index in [0.717, 1.165) is 5.56 Å². The largest absolute Gasteiger partial charge is 0.359 e. The highest BCUT2D eigenvalue weighted by atomic mass is 16.5. The number of anilines is 3. The Balaban J connectivity index is 1.45. The fourth-order valence-corrected chi connectivity index (χ4v) is 3.40. The smallest absolute Gasteiger partial charge is 0.324 e. The molecule has 0 aliphatic carbocycles. The number of nitrogens with two attached hydrogens (primary N) is 1. The third-order valence-electron chi connectivity index (χ3n) is 5.15. The molecule has 11 nitrogen and oxygen atoms in total. The molecule has 5 N–H and O–H groups in total. The summed E-state index contributed by atoms with van der Waals surface area (Å²) in [6, 6.07) is 10.3. The number of hydrogen-bond donors (Lipinski definition) is 4. The van der Waals surface area contributed by atoms with Crippen LogP contribution in [0.5, 0.6) is 0 Å². The highest BCUT2D eigenvalue weighted by Gasteiger charge is 2.29. The molecule has 1 aliphatic rings. The SMILES string of the molecule is CC(C)(C)c1cc(NC(=O)Nc2ccc(C3=NC(CCC#N)c4n[nH]cc4N3N)cc2)no1. The molecule has 170 valence electrons. The van der Waals surface area contributed by atoms with Crippen LogP contribution in [-0.4, -0.2) is 27.2 Å². The predicted molar refractivity (Wildman–Crippen MR) is 124 cm³/mol. The molecule has 0 spiro atoms. The summed E-state index contributed by atoms with van der Waals surface area (Å²) in [4.78, 5) is 17.1. The van der Waals surface area contributed by atoms with Crippen molar-refractivity contribution in [3.05, 3.63) is 53.5 Å². The number of amides is 2. The Morgan fingerprint density at radius 1 is 1.30 bits per heavy atom. The lowest BCUT2D eigenvalue weighted by Gasteiger charge is -2.28. The number of nitrogens with zero attached hydrogens (tertiary/aromatic N) is 5. The summed E-state index contributed by atoms with van der Waals surface area (Å²) in [5, 5.41) is 26.8. The highest BCUT2D eigenvalue weighted by molar-refractivity contribution is 6.10. The van der Waals surface area contributed by atoms with Gasteiger partial charge in [0.25, 0.3) is 0 Å². The van der Waals surface area contributed by atoms with E-state index in [2.05, 4.69) is 32.1 Å². The second-order valence-corrected chi connectivity index (χ2v) is 8.67. The molecule has 4 rings (SSSR count). The van der Waals surface area contributed by atoms with Crippen molar-refractivity contribution in [3.63, 3.8) is 0 Å². The number of carbonyl (C=O) groups is 1. The van der Waals surface area contributed by atoms with Gasteiger partial charge >= 0.3 is 6.03 Å². The van der Waals surface area contributed by atoms with Gasteiger partial charge in [-0.1, -0.05) is 25.9 Å². The Labute approximate surface area is 190 Å². The van der Waals surface area contributed by atoms with Crippen LogP contribution in [-0.2, 0) is 5.41 Å². The number of carbonyl (C=O) groups excluding carboxylic acids is 1. The summed E-state index contributed by atoms with van der Waals surface area (Å²) < 4.78 is 5.28. The lowest BCUT2D eigenvalue weighted by molar-refractivity contribution is 0.262. The van der Waals surface area contributed by atoms with Crippen LogP contribution in [0.25, 0.3) is 0 Å². The number of hydrogen-bond acceptors (Lipinski definition) is 8. The quantitative estimate of drug-likeness (QED) is 0.432. The van der Waals surface area contributed by atoms with Crippen molar-refractivity contribution in [1.29, 1.82) is 5.26 Å². The Hall–Kier alpha value is -4.17. The topological polar surface area (TPSA) is 161 Å². The molecule has 0 saturated heterocycles. The number of H-pyrrole nitrogens is 1. The third-order valence-corrected chi connectivity index (χ3v) is 5.15. The van der Waals surface area contributed by atoms with Crippen molar-refractivity contribution in [3.8, 4) is 6.07 Å². The Kier molecular flexibility index (Phi) is 5.85. The number of aliphatic imine (C=N–C) groups is 1. The maximum atomic E-state index is 12.3. The van der Waals surface area contributed by atoms with Crippen LogP contribution in [0, 0.1) is 11.3 Å². The van der Waals surface area contributed by atoms with Crippen molar-refractivity contribution in [1.82, 2.24) is 15.4 Å². The molecule has 2 aromatic heterocycles.